The molecular formula is C26H51N3O6. The van der Waals surface area contributed by atoms with Crippen molar-refractivity contribution in [3.63, 3.8) is 0 Å². The van der Waals surface area contributed by atoms with Gasteiger partial charge in [-0.25, -0.2) is 0 Å². The Morgan fingerprint density at radius 3 is 2.09 bits per heavy atom. The quantitative estimate of drug-likeness (QED) is 0.166. The minimum atomic E-state index is -0.580. The normalized spacial score (nSPS) is 11.7. The van der Waals surface area contributed by atoms with Crippen LogP contribution in [0.3, 0.4) is 0 Å². The molecule has 9 heteroatoms. The Hall–Kier alpha value is -1.71. The third kappa shape index (κ3) is 22.5. The summed E-state index contributed by atoms with van der Waals surface area (Å²) in [6, 6.07) is -0.580. The number of amides is 3. The molecule has 206 valence electrons. The standard InChI is InChI=1S/C26H51N3O6/c1-4-5-9-15-24(30)27-17-12-10-14-23(29-25(31)16-20-35-22-21-34-3)26(32)28-18-11-7-6-8-13-19-33-2/h23H,4-22H2,1-3H3,(H,27,30)(H,28,32)(H,29,31)/t23-/m0/s1. The molecule has 0 spiro atoms. The van der Waals surface area contributed by atoms with Gasteiger partial charge < -0.3 is 30.2 Å². The first-order valence-electron chi connectivity index (χ1n) is 13.4. The Bertz CT molecular complexity index is 533. The Balaban J connectivity index is 4.33. The van der Waals surface area contributed by atoms with Gasteiger partial charge in [-0.1, -0.05) is 39.0 Å². The van der Waals surface area contributed by atoms with Gasteiger partial charge in [0, 0.05) is 46.8 Å². The van der Waals surface area contributed by atoms with Gasteiger partial charge in [0.05, 0.1) is 19.8 Å². The Kier molecular flexibility index (Phi) is 24.1. The molecule has 9 nitrogen and oxygen atoms in total. The lowest BCUT2D eigenvalue weighted by Gasteiger charge is -2.19. The fourth-order valence-corrected chi connectivity index (χ4v) is 3.51. The van der Waals surface area contributed by atoms with E-state index in [0.29, 0.717) is 39.1 Å². The largest absolute Gasteiger partial charge is 0.385 e. The molecule has 0 fully saturated rings. The van der Waals surface area contributed by atoms with Crippen molar-refractivity contribution in [2.24, 2.45) is 0 Å². The fraction of sp³-hybridized carbons (Fsp3) is 0.885. The lowest BCUT2D eigenvalue weighted by Crippen LogP contribution is -2.47. The molecule has 0 aliphatic rings. The lowest BCUT2D eigenvalue weighted by molar-refractivity contribution is -0.129. The fourth-order valence-electron chi connectivity index (χ4n) is 3.51. The molecule has 35 heavy (non-hydrogen) atoms. The first-order chi connectivity index (χ1) is 17.0. The van der Waals surface area contributed by atoms with E-state index >= 15 is 0 Å². The Labute approximate surface area is 212 Å². The summed E-state index contributed by atoms with van der Waals surface area (Å²) in [7, 11) is 3.31. The summed E-state index contributed by atoms with van der Waals surface area (Å²) in [5.74, 6) is -0.275. The van der Waals surface area contributed by atoms with Gasteiger partial charge in [-0.15, -0.1) is 0 Å². The van der Waals surface area contributed by atoms with Gasteiger partial charge in [0.15, 0.2) is 0 Å². The minimum Gasteiger partial charge on any atom is -0.385 e. The van der Waals surface area contributed by atoms with Gasteiger partial charge in [-0.05, 0) is 38.5 Å². The highest BCUT2D eigenvalue weighted by Gasteiger charge is 2.20. The average Bonchev–Trinajstić information content (AvgIpc) is 2.84. The van der Waals surface area contributed by atoms with Crippen LogP contribution in [0.2, 0.25) is 0 Å². The third-order valence-corrected chi connectivity index (χ3v) is 5.63. The van der Waals surface area contributed by atoms with E-state index in [1.807, 2.05) is 0 Å². The highest BCUT2D eigenvalue weighted by atomic mass is 16.5. The molecule has 0 aliphatic carbocycles. The van der Waals surface area contributed by atoms with E-state index in [2.05, 4.69) is 22.9 Å². The van der Waals surface area contributed by atoms with Crippen LogP contribution >= 0.6 is 0 Å². The molecule has 0 heterocycles. The third-order valence-electron chi connectivity index (χ3n) is 5.63. The van der Waals surface area contributed by atoms with Gasteiger partial charge in [-0.3, -0.25) is 14.4 Å². The number of ether oxygens (including phenoxy) is 3. The van der Waals surface area contributed by atoms with Crippen LogP contribution in [0.25, 0.3) is 0 Å². The second kappa shape index (κ2) is 25.4. The van der Waals surface area contributed by atoms with Crippen LogP contribution in [0.5, 0.6) is 0 Å². The van der Waals surface area contributed by atoms with Crippen LogP contribution in [0, 0.1) is 0 Å². The molecule has 0 aromatic heterocycles. The molecule has 0 radical (unpaired) electrons. The van der Waals surface area contributed by atoms with Crippen molar-refractivity contribution in [3.8, 4) is 0 Å². The van der Waals surface area contributed by atoms with E-state index in [1.54, 1.807) is 14.2 Å². The summed E-state index contributed by atoms with van der Waals surface area (Å²) in [5, 5.41) is 8.75. The van der Waals surface area contributed by atoms with Crippen LogP contribution in [0.15, 0.2) is 0 Å². The van der Waals surface area contributed by atoms with Crippen molar-refractivity contribution in [2.75, 3.05) is 53.7 Å². The van der Waals surface area contributed by atoms with Crippen molar-refractivity contribution in [3.05, 3.63) is 0 Å². The maximum atomic E-state index is 12.7. The van der Waals surface area contributed by atoms with E-state index in [-0.39, 0.29) is 30.7 Å². The molecule has 3 amide bonds. The van der Waals surface area contributed by atoms with Crippen LogP contribution < -0.4 is 16.0 Å². The second-order valence-electron chi connectivity index (χ2n) is 8.83. The number of unbranched alkanes of at least 4 members (excludes halogenated alkanes) is 7. The average molecular weight is 502 g/mol. The van der Waals surface area contributed by atoms with Gasteiger partial charge in [0.1, 0.15) is 6.04 Å². The van der Waals surface area contributed by atoms with Crippen LogP contribution in [-0.2, 0) is 28.6 Å². The minimum absolute atomic E-state index is 0.0803. The van der Waals surface area contributed by atoms with Crippen LogP contribution in [0.1, 0.15) is 90.4 Å². The van der Waals surface area contributed by atoms with Crippen molar-refractivity contribution >= 4 is 17.7 Å². The number of nitrogens with one attached hydrogen (secondary N) is 3. The summed E-state index contributed by atoms with van der Waals surface area (Å²) in [6.07, 6.45) is 11.1. The molecule has 0 saturated heterocycles. The second-order valence-corrected chi connectivity index (χ2v) is 8.83. The van der Waals surface area contributed by atoms with Crippen molar-refractivity contribution in [2.45, 2.75) is 96.4 Å². The molecular weight excluding hydrogens is 450 g/mol. The van der Waals surface area contributed by atoms with Gasteiger partial charge in [-0.2, -0.15) is 0 Å². The number of carbonyl (C=O) groups excluding carboxylic acids is 3. The summed E-state index contributed by atoms with van der Waals surface area (Å²) in [5.41, 5.74) is 0. The number of methoxy groups -OCH3 is 2. The smallest absolute Gasteiger partial charge is 0.242 e. The van der Waals surface area contributed by atoms with E-state index < -0.39 is 6.04 Å². The van der Waals surface area contributed by atoms with E-state index in [4.69, 9.17) is 14.2 Å². The molecule has 3 N–H and O–H groups in total. The van der Waals surface area contributed by atoms with Crippen LogP contribution in [0.4, 0.5) is 0 Å². The maximum Gasteiger partial charge on any atom is 0.242 e. The highest BCUT2D eigenvalue weighted by Crippen LogP contribution is 2.05. The summed E-state index contributed by atoms with van der Waals surface area (Å²) in [6.45, 7) is 5.29. The first-order valence-corrected chi connectivity index (χ1v) is 13.4. The lowest BCUT2D eigenvalue weighted by atomic mass is 10.1. The summed E-state index contributed by atoms with van der Waals surface area (Å²) in [4.78, 5) is 36.9. The van der Waals surface area contributed by atoms with Gasteiger partial charge >= 0.3 is 0 Å². The molecule has 0 bridgehead atoms. The van der Waals surface area contributed by atoms with Crippen molar-refractivity contribution in [1.82, 2.24) is 16.0 Å². The van der Waals surface area contributed by atoms with E-state index in [1.165, 1.54) is 0 Å². The van der Waals surface area contributed by atoms with Crippen LogP contribution in [-0.4, -0.2) is 77.5 Å². The molecule has 0 saturated carbocycles. The Morgan fingerprint density at radius 2 is 1.34 bits per heavy atom. The SMILES string of the molecule is CCCCCC(=O)NCCCC[C@H](NC(=O)CCOCCOC)C(=O)NCCCCCCCOC. The molecule has 1 atom stereocenters. The predicted molar refractivity (Wildman–Crippen MR) is 138 cm³/mol. The highest BCUT2D eigenvalue weighted by molar-refractivity contribution is 5.87. The number of hydrogen-bond acceptors (Lipinski definition) is 6. The summed E-state index contributed by atoms with van der Waals surface area (Å²) < 4.78 is 15.3. The zero-order valence-corrected chi connectivity index (χ0v) is 22.5. The molecule has 0 rings (SSSR count). The monoisotopic (exact) mass is 501 g/mol. The Morgan fingerprint density at radius 1 is 0.657 bits per heavy atom. The molecule has 0 aromatic rings. The number of hydrogen-bond donors (Lipinski definition) is 3. The topological polar surface area (TPSA) is 115 Å². The van der Waals surface area contributed by atoms with E-state index in [0.717, 1.165) is 70.8 Å². The number of carbonyl (C=O) groups is 3. The zero-order valence-electron chi connectivity index (χ0n) is 22.5. The molecule has 0 aliphatic heterocycles. The van der Waals surface area contributed by atoms with Crippen molar-refractivity contribution < 1.29 is 28.6 Å². The van der Waals surface area contributed by atoms with Crippen molar-refractivity contribution in [1.29, 1.82) is 0 Å². The predicted octanol–water partition coefficient (Wildman–Crippen LogP) is 3.10. The number of rotatable bonds is 25. The zero-order chi connectivity index (χ0) is 26.0. The van der Waals surface area contributed by atoms with Gasteiger partial charge in [0.25, 0.3) is 0 Å². The van der Waals surface area contributed by atoms with Gasteiger partial charge in [0.2, 0.25) is 17.7 Å². The summed E-state index contributed by atoms with van der Waals surface area (Å²) >= 11 is 0. The van der Waals surface area contributed by atoms with E-state index in [9.17, 15) is 14.4 Å². The molecule has 0 unspecified atom stereocenters. The maximum absolute atomic E-state index is 12.7. The first kappa shape index (κ1) is 33.3. The molecule has 0 aromatic carbocycles.